The number of rotatable bonds is 6. The summed E-state index contributed by atoms with van der Waals surface area (Å²) in [6, 6.07) is 74.2. The molecular weight excluding hydrogens is 777 g/mol. The van der Waals surface area contributed by atoms with Gasteiger partial charge in [0.15, 0.2) is 17.5 Å². The summed E-state index contributed by atoms with van der Waals surface area (Å²) in [6.07, 6.45) is 3.67. The van der Waals surface area contributed by atoms with E-state index in [-0.39, 0.29) is 0 Å². The number of pyridine rings is 1. The molecule has 0 atom stereocenters. The summed E-state index contributed by atoms with van der Waals surface area (Å²) >= 11 is 0. The Hall–Kier alpha value is -8.60. The summed E-state index contributed by atoms with van der Waals surface area (Å²) in [4.78, 5) is 19.5. The van der Waals surface area contributed by atoms with Gasteiger partial charge in [0.1, 0.15) is 0 Å². The van der Waals surface area contributed by atoms with Crippen molar-refractivity contribution >= 4 is 64.6 Å². The second-order valence-electron chi connectivity index (χ2n) is 16.6. The van der Waals surface area contributed by atoms with Crippen molar-refractivity contribution in [3.05, 3.63) is 219 Å². The van der Waals surface area contributed by atoms with E-state index in [4.69, 9.17) is 15.0 Å². The fraction of sp³-hybridized carbons (Fsp3) is 0. The summed E-state index contributed by atoms with van der Waals surface area (Å²) in [5.41, 5.74) is 9.48. The lowest BCUT2D eigenvalue weighted by atomic mass is 9.85. The number of hydrogen-bond acceptors (Lipinski definition) is 4. The zero-order chi connectivity index (χ0) is 42.1. The van der Waals surface area contributed by atoms with Gasteiger partial charge in [-0.15, -0.1) is 0 Å². The van der Waals surface area contributed by atoms with E-state index in [1.807, 2.05) is 48.7 Å². The Morgan fingerprint density at radius 3 is 1.34 bits per heavy atom. The number of nitrogens with zero attached hydrogens (tertiary/aromatic N) is 4. The summed E-state index contributed by atoms with van der Waals surface area (Å²) in [5, 5.41) is 15.3. The maximum absolute atomic E-state index is 5.10. The molecule has 0 aliphatic heterocycles. The van der Waals surface area contributed by atoms with E-state index in [0.717, 1.165) is 38.9 Å². The molecule has 0 aliphatic carbocycles. The molecule has 4 nitrogen and oxygen atoms in total. The Kier molecular flexibility index (Phi) is 8.18. The highest BCUT2D eigenvalue weighted by Gasteiger charge is 2.18. The highest BCUT2D eigenvalue weighted by molar-refractivity contribution is 6.37. The first-order chi connectivity index (χ1) is 31.7. The van der Waals surface area contributed by atoms with Crippen molar-refractivity contribution < 1.29 is 0 Å². The van der Waals surface area contributed by atoms with E-state index >= 15 is 0 Å². The lowest BCUT2D eigenvalue weighted by molar-refractivity contribution is 1.07. The topological polar surface area (TPSA) is 51.6 Å². The molecule has 296 valence electrons. The highest BCUT2D eigenvalue weighted by atomic mass is 15.0. The van der Waals surface area contributed by atoms with Gasteiger partial charge in [0.05, 0.1) is 0 Å². The van der Waals surface area contributed by atoms with Gasteiger partial charge in [-0.2, -0.15) is 0 Å². The van der Waals surface area contributed by atoms with E-state index in [0.29, 0.717) is 17.5 Å². The van der Waals surface area contributed by atoms with Crippen LogP contribution in [0.5, 0.6) is 0 Å². The third-order valence-corrected chi connectivity index (χ3v) is 12.9. The van der Waals surface area contributed by atoms with Crippen LogP contribution >= 0.6 is 0 Å². The molecule has 64 heavy (non-hydrogen) atoms. The number of benzene rings is 10. The van der Waals surface area contributed by atoms with Gasteiger partial charge in [-0.3, -0.25) is 4.98 Å². The Morgan fingerprint density at radius 2 is 0.719 bits per heavy atom. The Balaban J connectivity index is 0.968. The molecule has 13 rings (SSSR count). The Labute approximate surface area is 369 Å². The molecule has 13 aromatic rings. The van der Waals surface area contributed by atoms with Gasteiger partial charge >= 0.3 is 0 Å². The molecule has 2 aromatic heterocycles. The van der Waals surface area contributed by atoms with Crippen LogP contribution in [0.15, 0.2) is 219 Å². The molecule has 0 radical (unpaired) electrons. The highest BCUT2D eigenvalue weighted by Crippen LogP contribution is 2.45. The van der Waals surface area contributed by atoms with Crippen molar-refractivity contribution in [1.29, 1.82) is 0 Å². The molecule has 0 aliphatic rings. The molecule has 4 heteroatoms. The molecular formula is C60H36N4. The number of fused-ring (bicyclic) bond motifs is 2. The van der Waals surface area contributed by atoms with Crippen LogP contribution in [0.2, 0.25) is 0 Å². The minimum absolute atomic E-state index is 0.617. The van der Waals surface area contributed by atoms with Crippen molar-refractivity contribution in [2.45, 2.75) is 0 Å². The first-order valence-electron chi connectivity index (χ1n) is 21.7. The summed E-state index contributed by atoms with van der Waals surface area (Å²) in [7, 11) is 0. The maximum Gasteiger partial charge on any atom is 0.164 e. The fourth-order valence-electron chi connectivity index (χ4n) is 9.95. The van der Waals surface area contributed by atoms with Crippen LogP contribution in [0.25, 0.3) is 132 Å². The zero-order valence-corrected chi connectivity index (χ0v) is 34.6. The van der Waals surface area contributed by atoms with Crippen molar-refractivity contribution in [2.24, 2.45) is 0 Å². The van der Waals surface area contributed by atoms with Crippen LogP contribution in [0.4, 0.5) is 0 Å². The van der Waals surface area contributed by atoms with Gasteiger partial charge in [0, 0.05) is 34.6 Å². The lowest BCUT2D eigenvalue weighted by Gasteiger charge is -2.18. The van der Waals surface area contributed by atoms with Crippen molar-refractivity contribution in [2.75, 3.05) is 0 Å². The lowest BCUT2D eigenvalue weighted by Crippen LogP contribution is -2.00. The van der Waals surface area contributed by atoms with Crippen LogP contribution in [-0.2, 0) is 0 Å². The first-order valence-corrected chi connectivity index (χ1v) is 21.7. The van der Waals surface area contributed by atoms with Gasteiger partial charge in [0.2, 0.25) is 0 Å². The average Bonchev–Trinajstić information content (AvgIpc) is 3.37. The standard InChI is InChI=1S/C60H36N4/c1-2-11-41(12-3-1)58-62-59(64-60(63-58)45-17-6-16-43(33-45)46-18-10-32-61-36-46)42-29-24-37(25-30-42)48-19-4-5-20-49(48)47-34-44-31-28-40-14-8-22-51-50-21-7-13-38-26-27-39-15-9-23-52(56(39)54(38)50)53(35-47)57(44)55(40)51/h1-36H. The Bertz CT molecular complexity index is 3930. The summed E-state index contributed by atoms with van der Waals surface area (Å²) in [6.45, 7) is 0. The molecule has 0 unspecified atom stereocenters. The third-order valence-electron chi connectivity index (χ3n) is 12.9. The van der Waals surface area contributed by atoms with Crippen molar-refractivity contribution in [1.82, 2.24) is 19.9 Å². The SMILES string of the molecule is c1ccc(-c2nc(-c3ccc(-c4ccccc4-c4cc5ccc6cccc7c8cccc9ccc%10cccc(c(c4)c5c67)c%10c98)cc3)nc(-c3cccc(-c4cccnc4)c3)n2)cc1. The molecule has 0 N–H and O–H groups in total. The molecule has 0 amide bonds. The van der Waals surface area contributed by atoms with E-state index in [2.05, 4.69) is 169 Å². The van der Waals surface area contributed by atoms with Crippen molar-refractivity contribution in [3.63, 3.8) is 0 Å². The Morgan fingerprint density at radius 1 is 0.250 bits per heavy atom. The second-order valence-corrected chi connectivity index (χ2v) is 16.6. The minimum atomic E-state index is 0.617. The summed E-state index contributed by atoms with van der Waals surface area (Å²) in [5.74, 6) is 1.86. The third kappa shape index (κ3) is 5.84. The van der Waals surface area contributed by atoms with Crippen LogP contribution < -0.4 is 0 Å². The average molecular weight is 813 g/mol. The van der Waals surface area contributed by atoms with Gasteiger partial charge in [0.25, 0.3) is 0 Å². The van der Waals surface area contributed by atoms with Crippen LogP contribution in [-0.4, -0.2) is 19.9 Å². The van der Waals surface area contributed by atoms with Gasteiger partial charge in [-0.25, -0.2) is 15.0 Å². The predicted molar refractivity (Wildman–Crippen MR) is 266 cm³/mol. The van der Waals surface area contributed by atoms with Gasteiger partial charge < -0.3 is 0 Å². The van der Waals surface area contributed by atoms with E-state index < -0.39 is 0 Å². The van der Waals surface area contributed by atoms with Crippen LogP contribution in [0.1, 0.15) is 0 Å². The zero-order valence-electron chi connectivity index (χ0n) is 34.6. The molecule has 0 spiro atoms. The molecule has 0 bridgehead atoms. The maximum atomic E-state index is 5.10. The normalized spacial score (nSPS) is 11.8. The number of aromatic nitrogens is 4. The smallest absolute Gasteiger partial charge is 0.164 e. The molecule has 0 saturated carbocycles. The van der Waals surface area contributed by atoms with Crippen LogP contribution in [0.3, 0.4) is 0 Å². The minimum Gasteiger partial charge on any atom is -0.264 e. The van der Waals surface area contributed by atoms with E-state index in [9.17, 15) is 0 Å². The second kappa shape index (κ2) is 14.5. The first kappa shape index (κ1) is 36.1. The largest absolute Gasteiger partial charge is 0.264 e. The molecule has 2 heterocycles. The predicted octanol–water partition coefficient (Wildman–Crippen LogP) is 15.6. The number of hydrogen-bond donors (Lipinski definition) is 0. The summed E-state index contributed by atoms with van der Waals surface area (Å²) < 4.78 is 0. The monoisotopic (exact) mass is 812 g/mol. The fourth-order valence-corrected chi connectivity index (χ4v) is 9.95. The quantitative estimate of drug-likeness (QED) is 0.157. The van der Waals surface area contributed by atoms with Crippen molar-refractivity contribution in [3.8, 4) is 67.5 Å². The van der Waals surface area contributed by atoms with E-state index in [1.54, 1.807) is 6.20 Å². The molecule has 0 saturated heterocycles. The van der Waals surface area contributed by atoms with Gasteiger partial charge in [-0.05, 0) is 117 Å². The molecule has 0 fully saturated rings. The van der Waals surface area contributed by atoms with Crippen LogP contribution in [0, 0.1) is 0 Å². The van der Waals surface area contributed by atoms with E-state index in [1.165, 1.54) is 75.8 Å². The molecule has 11 aromatic carbocycles. The van der Waals surface area contributed by atoms with Gasteiger partial charge in [-0.1, -0.05) is 182 Å².